The highest BCUT2D eigenvalue weighted by atomic mass is 16.4. The number of nitrogens with zero attached hydrogens (tertiary/aromatic N) is 3. The molecule has 1 aromatic heterocycles. The second kappa shape index (κ2) is 5.38. The standard InChI is InChI=1S/C14H21N3O2/c1-7-8-17(14(4,5)6)12-11(13(18)19)9(2)10(3)15-16-12/h7H,1,8H2,2-6H3,(H,18,19). The molecule has 1 rings (SSSR count). The van der Waals surface area contributed by atoms with E-state index in [-0.39, 0.29) is 11.1 Å². The largest absolute Gasteiger partial charge is 0.478 e. The highest BCUT2D eigenvalue weighted by Crippen LogP contribution is 2.27. The number of aromatic carboxylic acids is 1. The van der Waals surface area contributed by atoms with Crippen LogP contribution in [-0.2, 0) is 0 Å². The van der Waals surface area contributed by atoms with Crippen LogP contribution < -0.4 is 4.90 Å². The summed E-state index contributed by atoms with van der Waals surface area (Å²) in [6.07, 6.45) is 1.73. The molecule has 0 bridgehead atoms. The van der Waals surface area contributed by atoms with Gasteiger partial charge in [-0.25, -0.2) is 4.79 Å². The second-order valence-corrected chi connectivity index (χ2v) is 5.48. The summed E-state index contributed by atoms with van der Waals surface area (Å²) in [5, 5.41) is 17.6. The number of carboxylic acid groups (broad SMARTS) is 1. The first-order valence-corrected chi connectivity index (χ1v) is 6.15. The lowest BCUT2D eigenvalue weighted by Gasteiger charge is -2.36. The van der Waals surface area contributed by atoms with Crippen LogP contribution in [0.1, 0.15) is 42.4 Å². The van der Waals surface area contributed by atoms with Gasteiger partial charge >= 0.3 is 5.97 Å². The summed E-state index contributed by atoms with van der Waals surface area (Å²) in [5.74, 6) is -0.591. The molecule has 0 aromatic carbocycles. The first kappa shape index (κ1) is 15.1. The van der Waals surface area contributed by atoms with Crippen molar-refractivity contribution in [2.45, 2.75) is 40.2 Å². The summed E-state index contributed by atoms with van der Waals surface area (Å²) in [6.45, 7) is 13.7. The highest BCUT2D eigenvalue weighted by Gasteiger charge is 2.28. The molecular weight excluding hydrogens is 242 g/mol. The van der Waals surface area contributed by atoms with Gasteiger partial charge in [0.25, 0.3) is 0 Å². The zero-order valence-corrected chi connectivity index (χ0v) is 12.2. The molecule has 1 aromatic rings. The molecule has 5 nitrogen and oxygen atoms in total. The maximum Gasteiger partial charge on any atom is 0.339 e. The molecule has 5 heteroatoms. The van der Waals surface area contributed by atoms with E-state index >= 15 is 0 Å². The summed E-state index contributed by atoms with van der Waals surface area (Å²) < 4.78 is 0. The van der Waals surface area contributed by atoms with Crippen LogP contribution in [0.2, 0.25) is 0 Å². The van der Waals surface area contributed by atoms with E-state index in [2.05, 4.69) is 16.8 Å². The predicted molar refractivity (Wildman–Crippen MR) is 75.8 cm³/mol. The van der Waals surface area contributed by atoms with Crippen molar-refractivity contribution in [1.29, 1.82) is 0 Å². The van der Waals surface area contributed by atoms with Crippen molar-refractivity contribution in [3.05, 3.63) is 29.5 Å². The molecule has 0 radical (unpaired) electrons. The quantitative estimate of drug-likeness (QED) is 0.846. The fourth-order valence-corrected chi connectivity index (χ4v) is 1.85. The van der Waals surface area contributed by atoms with Gasteiger partial charge in [0, 0.05) is 12.1 Å². The lowest BCUT2D eigenvalue weighted by molar-refractivity contribution is 0.0696. The Morgan fingerprint density at radius 1 is 1.37 bits per heavy atom. The van der Waals surface area contributed by atoms with Gasteiger partial charge in [0.1, 0.15) is 5.56 Å². The Kier molecular flexibility index (Phi) is 4.29. The highest BCUT2D eigenvalue weighted by molar-refractivity contribution is 5.95. The van der Waals surface area contributed by atoms with Crippen molar-refractivity contribution in [3.8, 4) is 0 Å². The van der Waals surface area contributed by atoms with Crippen LogP contribution in [-0.4, -0.2) is 33.4 Å². The fourth-order valence-electron chi connectivity index (χ4n) is 1.85. The van der Waals surface area contributed by atoms with Gasteiger partial charge in [-0.15, -0.1) is 11.7 Å². The monoisotopic (exact) mass is 263 g/mol. The minimum Gasteiger partial charge on any atom is -0.478 e. The number of rotatable bonds is 4. The van der Waals surface area contributed by atoms with Crippen LogP contribution in [0.25, 0.3) is 0 Å². The van der Waals surface area contributed by atoms with E-state index in [0.717, 1.165) is 0 Å². The van der Waals surface area contributed by atoms with Gasteiger partial charge in [0.05, 0.1) is 5.69 Å². The molecule has 1 heterocycles. The molecule has 0 fully saturated rings. The van der Waals surface area contributed by atoms with E-state index in [9.17, 15) is 9.90 Å². The molecule has 1 N–H and O–H groups in total. The smallest absolute Gasteiger partial charge is 0.339 e. The molecular formula is C14H21N3O2. The normalized spacial score (nSPS) is 11.2. The minimum atomic E-state index is -0.983. The first-order valence-electron chi connectivity index (χ1n) is 6.15. The van der Waals surface area contributed by atoms with Crippen molar-refractivity contribution in [1.82, 2.24) is 10.2 Å². The Bertz CT molecular complexity index is 504. The van der Waals surface area contributed by atoms with E-state index in [0.29, 0.717) is 23.6 Å². The molecule has 0 aliphatic rings. The number of anilines is 1. The van der Waals surface area contributed by atoms with Gasteiger partial charge in [-0.2, -0.15) is 5.10 Å². The van der Waals surface area contributed by atoms with Crippen LogP contribution in [0.4, 0.5) is 5.82 Å². The SMILES string of the molecule is C=CCN(c1nnc(C)c(C)c1C(=O)O)C(C)(C)C. The molecule has 0 aliphatic carbocycles. The van der Waals surface area contributed by atoms with Crippen LogP contribution >= 0.6 is 0 Å². The first-order chi connectivity index (χ1) is 8.70. The average Bonchev–Trinajstić information content (AvgIpc) is 2.27. The molecule has 0 saturated carbocycles. The maximum atomic E-state index is 11.5. The topological polar surface area (TPSA) is 66.3 Å². The van der Waals surface area contributed by atoms with Crippen molar-refractivity contribution in [3.63, 3.8) is 0 Å². The summed E-state index contributed by atoms with van der Waals surface area (Å²) >= 11 is 0. The van der Waals surface area contributed by atoms with Gasteiger partial charge in [-0.05, 0) is 40.2 Å². The van der Waals surface area contributed by atoms with E-state index in [4.69, 9.17) is 0 Å². The van der Waals surface area contributed by atoms with Crippen molar-refractivity contribution < 1.29 is 9.90 Å². The number of carboxylic acids is 1. The Hall–Kier alpha value is -1.91. The minimum absolute atomic E-state index is 0.212. The third-order valence-electron chi connectivity index (χ3n) is 3.03. The van der Waals surface area contributed by atoms with Gasteiger partial charge in [0.2, 0.25) is 0 Å². The van der Waals surface area contributed by atoms with Gasteiger partial charge in [0.15, 0.2) is 5.82 Å². The summed E-state index contributed by atoms with van der Waals surface area (Å²) in [5.41, 5.74) is 1.23. The summed E-state index contributed by atoms with van der Waals surface area (Å²) in [6, 6.07) is 0. The van der Waals surface area contributed by atoms with Gasteiger partial charge in [-0.3, -0.25) is 0 Å². The molecule has 19 heavy (non-hydrogen) atoms. The second-order valence-electron chi connectivity index (χ2n) is 5.48. The van der Waals surface area contributed by atoms with E-state index in [1.54, 1.807) is 19.9 Å². The Labute approximate surface area is 114 Å². The van der Waals surface area contributed by atoms with Crippen molar-refractivity contribution in [2.24, 2.45) is 0 Å². The third-order valence-corrected chi connectivity index (χ3v) is 3.03. The van der Waals surface area contributed by atoms with Crippen LogP contribution in [0.3, 0.4) is 0 Å². The van der Waals surface area contributed by atoms with Crippen molar-refractivity contribution in [2.75, 3.05) is 11.4 Å². The fraction of sp³-hybridized carbons (Fsp3) is 0.500. The number of aromatic nitrogens is 2. The summed E-state index contributed by atoms with van der Waals surface area (Å²) in [4.78, 5) is 13.4. The lowest BCUT2D eigenvalue weighted by atomic mass is 10.0. The van der Waals surface area contributed by atoms with Crippen LogP contribution in [0.15, 0.2) is 12.7 Å². The molecule has 0 saturated heterocycles. The Morgan fingerprint density at radius 2 is 1.95 bits per heavy atom. The van der Waals surface area contributed by atoms with E-state index < -0.39 is 5.97 Å². The molecule has 0 aliphatic heterocycles. The zero-order chi connectivity index (χ0) is 14.8. The number of hydrogen-bond donors (Lipinski definition) is 1. The lowest BCUT2D eigenvalue weighted by Crippen LogP contribution is -2.43. The molecule has 0 atom stereocenters. The average molecular weight is 263 g/mol. The molecule has 0 amide bonds. The predicted octanol–water partition coefficient (Wildman–Crippen LogP) is 2.58. The summed E-state index contributed by atoms with van der Waals surface area (Å²) in [7, 11) is 0. The number of carbonyl (C=O) groups is 1. The molecule has 0 spiro atoms. The third kappa shape index (κ3) is 3.10. The number of hydrogen-bond acceptors (Lipinski definition) is 4. The van der Waals surface area contributed by atoms with Gasteiger partial charge < -0.3 is 10.0 Å². The van der Waals surface area contributed by atoms with Crippen molar-refractivity contribution >= 4 is 11.8 Å². The Morgan fingerprint density at radius 3 is 2.37 bits per heavy atom. The molecule has 0 unspecified atom stereocenters. The van der Waals surface area contributed by atoms with Crippen LogP contribution in [0.5, 0.6) is 0 Å². The van der Waals surface area contributed by atoms with Gasteiger partial charge in [-0.1, -0.05) is 6.08 Å². The van der Waals surface area contributed by atoms with Crippen LogP contribution in [0, 0.1) is 13.8 Å². The molecule has 104 valence electrons. The zero-order valence-electron chi connectivity index (χ0n) is 12.2. The van der Waals surface area contributed by atoms with E-state index in [1.807, 2.05) is 25.7 Å². The maximum absolute atomic E-state index is 11.5. The Balaban J connectivity index is 3.51. The van der Waals surface area contributed by atoms with E-state index in [1.165, 1.54) is 0 Å². The number of aryl methyl sites for hydroxylation is 1.